The summed E-state index contributed by atoms with van der Waals surface area (Å²) in [5.41, 5.74) is 8.12. The Balaban J connectivity index is 1.78. The predicted molar refractivity (Wildman–Crippen MR) is 106 cm³/mol. The van der Waals surface area contributed by atoms with Crippen LogP contribution in [0.25, 0.3) is 0 Å². The third-order valence-corrected chi connectivity index (χ3v) is 4.23. The van der Waals surface area contributed by atoms with Crippen molar-refractivity contribution in [3.05, 3.63) is 65.2 Å². The van der Waals surface area contributed by atoms with E-state index in [1.54, 1.807) is 12.1 Å². The van der Waals surface area contributed by atoms with Gasteiger partial charge in [0.1, 0.15) is 5.75 Å². The van der Waals surface area contributed by atoms with Gasteiger partial charge in [-0.3, -0.25) is 20.4 Å². The second kappa shape index (κ2) is 9.76. The average molecular weight is 368 g/mol. The summed E-state index contributed by atoms with van der Waals surface area (Å²) in [7, 11) is 0. The second-order valence-electron chi connectivity index (χ2n) is 7.20. The number of hydrogen-bond donors (Lipinski definition) is 2. The van der Waals surface area contributed by atoms with E-state index in [-0.39, 0.29) is 18.4 Å². The number of benzene rings is 2. The Morgan fingerprint density at radius 3 is 2.15 bits per heavy atom. The van der Waals surface area contributed by atoms with E-state index in [0.29, 0.717) is 11.7 Å². The lowest BCUT2D eigenvalue weighted by Crippen LogP contribution is -2.45. The maximum Gasteiger partial charge on any atom is 0.276 e. The second-order valence-corrected chi connectivity index (χ2v) is 7.20. The number of carbonyl (C=O) groups is 2. The number of ether oxygens (including phenoxy) is 1. The molecule has 27 heavy (non-hydrogen) atoms. The highest BCUT2D eigenvalue weighted by Gasteiger charge is 2.16. The van der Waals surface area contributed by atoms with Gasteiger partial charge in [-0.1, -0.05) is 55.8 Å². The van der Waals surface area contributed by atoms with Crippen LogP contribution in [0, 0.1) is 12.8 Å². The van der Waals surface area contributed by atoms with Gasteiger partial charge < -0.3 is 4.74 Å². The minimum Gasteiger partial charge on any atom is -0.484 e. The van der Waals surface area contributed by atoms with Crippen molar-refractivity contribution in [2.24, 2.45) is 5.92 Å². The van der Waals surface area contributed by atoms with Crippen molar-refractivity contribution in [3.63, 3.8) is 0 Å². The molecule has 2 N–H and O–H groups in total. The summed E-state index contributed by atoms with van der Waals surface area (Å²) < 4.78 is 5.38. The van der Waals surface area contributed by atoms with Crippen molar-refractivity contribution in [2.75, 3.05) is 6.61 Å². The zero-order valence-electron chi connectivity index (χ0n) is 16.4. The van der Waals surface area contributed by atoms with Gasteiger partial charge in [0.05, 0.1) is 5.92 Å². The van der Waals surface area contributed by atoms with Crippen LogP contribution in [0.2, 0.25) is 0 Å². The summed E-state index contributed by atoms with van der Waals surface area (Å²) in [4.78, 5) is 24.1. The van der Waals surface area contributed by atoms with Crippen LogP contribution in [0.1, 0.15) is 43.4 Å². The molecule has 1 atom stereocenters. The van der Waals surface area contributed by atoms with Gasteiger partial charge in [-0.2, -0.15) is 0 Å². The molecule has 0 aliphatic heterocycles. The van der Waals surface area contributed by atoms with Gasteiger partial charge >= 0.3 is 0 Å². The van der Waals surface area contributed by atoms with E-state index in [0.717, 1.165) is 17.5 Å². The molecule has 0 fully saturated rings. The Kier molecular flexibility index (Phi) is 7.41. The molecule has 2 aromatic rings. The summed E-state index contributed by atoms with van der Waals surface area (Å²) >= 11 is 0. The third-order valence-electron chi connectivity index (χ3n) is 4.23. The molecule has 0 bridgehead atoms. The molecule has 144 valence electrons. The van der Waals surface area contributed by atoms with Crippen LogP contribution in [0.5, 0.6) is 5.75 Å². The van der Waals surface area contributed by atoms with E-state index in [2.05, 4.69) is 24.7 Å². The highest BCUT2D eigenvalue weighted by atomic mass is 16.5. The quantitative estimate of drug-likeness (QED) is 0.735. The molecular weight excluding hydrogens is 340 g/mol. The fourth-order valence-corrected chi connectivity index (χ4v) is 2.62. The first-order valence-corrected chi connectivity index (χ1v) is 9.22. The van der Waals surface area contributed by atoms with Gasteiger partial charge in [0.25, 0.3) is 5.91 Å². The minimum absolute atomic E-state index is 0.165. The summed E-state index contributed by atoms with van der Waals surface area (Å²) in [5, 5.41) is 0. The third kappa shape index (κ3) is 6.77. The summed E-state index contributed by atoms with van der Waals surface area (Å²) in [6.07, 6.45) is 1.01. The number of hydrogen-bond acceptors (Lipinski definition) is 3. The molecule has 0 aliphatic carbocycles. The number of hydrazine groups is 1. The van der Waals surface area contributed by atoms with Gasteiger partial charge in [-0.05, 0) is 49.4 Å². The van der Waals surface area contributed by atoms with E-state index in [1.807, 2.05) is 50.2 Å². The normalized spacial score (nSPS) is 11.7. The lowest BCUT2D eigenvalue weighted by molar-refractivity contribution is -0.130. The van der Waals surface area contributed by atoms with Gasteiger partial charge in [0, 0.05) is 0 Å². The maximum absolute atomic E-state index is 12.3. The SMILES string of the molecule is Cc1ccc(OCC(=O)NNC(=O)C(C)c2ccc(CC(C)C)cc2)cc1. The molecule has 0 aromatic heterocycles. The fourth-order valence-electron chi connectivity index (χ4n) is 2.62. The summed E-state index contributed by atoms with van der Waals surface area (Å²) in [6, 6.07) is 15.4. The molecule has 0 saturated carbocycles. The lowest BCUT2D eigenvalue weighted by Gasteiger charge is -2.14. The molecule has 0 radical (unpaired) electrons. The molecule has 5 nitrogen and oxygen atoms in total. The van der Waals surface area contributed by atoms with Crippen molar-refractivity contribution in [1.82, 2.24) is 10.9 Å². The zero-order valence-corrected chi connectivity index (χ0v) is 16.4. The molecule has 2 rings (SSSR count). The molecule has 0 saturated heterocycles. The Morgan fingerprint density at radius 1 is 0.926 bits per heavy atom. The monoisotopic (exact) mass is 368 g/mol. The zero-order chi connectivity index (χ0) is 19.8. The molecule has 2 amide bonds. The van der Waals surface area contributed by atoms with Crippen molar-refractivity contribution in [1.29, 1.82) is 0 Å². The smallest absolute Gasteiger partial charge is 0.276 e. The topological polar surface area (TPSA) is 67.4 Å². The van der Waals surface area contributed by atoms with Gasteiger partial charge in [-0.15, -0.1) is 0 Å². The minimum atomic E-state index is -0.414. The first-order chi connectivity index (χ1) is 12.8. The number of amides is 2. The lowest BCUT2D eigenvalue weighted by atomic mass is 9.96. The fraction of sp³-hybridized carbons (Fsp3) is 0.364. The largest absolute Gasteiger partial charge is 0.484 e. The van der Waals surface area contributed by atoms with Crippen molar-refractivity contribution < 1.29 is 14.3 Å². The molecule has 0 aliphatic rings. The van der Waals surface area contributed by atoms with Crippen LogP contribution in [0.3, 0.4) is 0 Å². The standard InChI is InChI=1S/C22H28N2O3/c1-15(2)13-18-7-9-19(10-8-18)17(4)22(26)24-23-21(25)14-27-20-11-5-16(3)6-12-20/h5-12,15,17H,13-14H2,1-4H3,(H,23,25)(H,24,26). The van der Waals surface area contributed by atoms with Crippen LogP contribution in [-0.2, 0) is 16.0 Å². The van der Waals surface area contributed by atoms with E-state index in [1.165, 1.54) is 5.56 Å². The Bertz CT molecular complexity index is 752. The van der Waals surface area contributed by atoms with E-state index in [9.17, 15) is 9.59 Å². The number of aryl methyl sites for hydroxylation is 1. The molecule has 0 spiro atoms. The first kappa shape index (κ1) is 20.5. The van der Waals surface area contributed by atoms with Crippen LogP contribution in [-0.4, -0.2) is 18.4 Å². The Labute approximate surface area is 161 Å². The predicted octanol–water partition coefficient (Wildman–Crippen LogP) is 3.52. The van der Waals surface area contributed by atoms with Crippen molar-refractivity contribution in [3.8, 4) is 5.75 Å². The Morgan fingerprint density at radius 2 is 1.56 bits per heavy atom. The summed E-state index contributed by atoms with van der Waals surface area (Å²) in [5.74, 6) is 0.154. The van der Waals surface area contributed by atoms with E-state index in [4.69, 9.17) is 4.74 Å². The number of carbonyl (C=O) groups excluding carboxylic acids is 2. The van der Waals surface area contributed by atoms with Gasteiger partial charge in [-0.25, -0.2) is 0 Å². The first-order valence-electron chi connectivity index (χ1n) is 9.22. The van der Waals surface area contributed by atoms with Gasteiger partial charge in [0.15, 0.2) is 6.61 Å². The summed E-state index contributed by atoms with van der Waals surface area (Å²) in [6.45, 7) is 7.97. The highest BCUT2D eigenvalue weighted by molar-refractivity contribution is 5.86. The van der Waals surface area contributed by atoms with Crippen molar-refractivity contribution in [2.45, 2.75) is 40.0 Å². The van der Waals surface area contributed by atoms with Crippen LogP contribution in [0.15, 0.2) is 48.5 Å². The highest BCUT2D eigenvalue weighted by Crippen LogP contribution is 2.17. The Hall–Kier alpha value is -2.82. The van der Waals surface area contributed by atoms with Crippen LogP contribution in [0.4, 0.5) is 0 Å². The molecule has 2 aromatic carbocycles. The molecular formula is C22H28N2O3. The van der Waals surface area contributed by atoms with Crippen LogP contribution >= 0.6 is 0 Å². The number of nitrogens with one attached hydrogen (secondary N) is 2. The maximum atomic E-state index is 12.3. The average Bonchev–Trinajstić information content (AvgIpc) is 2.65. The molecule has 1 unspecified atom stereocenters. The molecule has 0 heterocycles. The van der Waals surface area contributed by atoms with Crippen molar-refractivity contribution >= 4 is 11.8 Å². The molecule has 5 heteroatoms. The van der Waals surface area contributed by atoms with Gasteiger partial charge in [0.2, 0.25) is 5.91 Å². The van der Waals surface area contributed by atoms with Crippen LogP contribution < -0.4 is 15.6 Å². The number of rotatable bonds is 7. The van der Waals surface area contributed by atoms with E-state index < -0.39 is 5.91 Å². The van der Waals surface area contributed by atoms with E-state index >= 15 is 0 Å².